The predicted octanol–water partition coefficient (Wildman–Crippen LogP) is 9.08. The van der Waals surface area contributed by atoms with E-state index in [1.165, 1.54) is 0 Å². The Hall–Kier alpha value is -4.98. The molecule has 0 aromatic heterocycles. The molecule has 0 radical (unpaired) electrons. The predicted molar refractivity (Wildman–Crippen MR) is 511 cm³/mol. The van der Waals surface area contributed by atoms with E-state index >= 15 is 0 Å². The molecule has 6 saturated heterocycles. The molecule has 45 heteroatoms. The molecule has 16 rings (SSSR count). The molecule has 125 heavy (non-hydrogen) atoms. The summed E-state index contributed by atoms with van der Waals surface area (Å²) >= 11 is 0. The molecule has 0 spiro atoms. The minimum Gasteiger partial charge on any atom is -0.416 e. The van der Waals surface area contributed by atoms with Gasteiger partial charge in [0.25, 0.3) is 0 Å². The molecule has 6 aliphatic heterocycles. The summed E-state index contributed by atoms with van der Waals surface area (Å²) in [4.78, 5) is 0. The second kappa shape index (κ2) is 37.6. The van der Waals surface area contributed by atoms with Gasteiger partial charge < -0.3 is 113 Å². The minimum absolute atomic E-state index is 0.485. The van der Waals surface area contributed by atoms with Crippen molar-refractivity contribution in [1.29, 1.82) is 0 Å². The summed E-state index contributed by atoms with van der Waals surface area (Å²) in [6.07, 6.45) is 0. The van der Waals surface area contributed by atoms with E-state index in [-0.39, 0.29) is 0 Å². The number of benzene rings is 10. The van der Waals surface area contributed by atoms with Gasteiger partial charge in [0, 0.05) is 110 Å². The van der Waals surface area contributed by atoms with Crippen LogP contribution in [0.1, 0.15) is 0 Å². The standard InChI is InChI=1S/C54H58O15Si10.C18H28O6Si4.C8H24O6Si4/c1-55-72(47-31-15-7-16-32-47)60-73(56-2,48-33-17-8-18-34-48)62-77(52-41-25-12-26-42-52)66-76(61-72,51-39-23-11-24-40-51)67-78(53-43-27-13-28-44-53)64-74(49-35-19-9-20-36-49)58-70(3,4)57-71(5,6)59-75(63-74,50-37-21-10-22-38-50)65-79(68-77,69-78)54-45-29-14-30-46-54;1-19-27(5)22-25(3,17-13-9-7-10-14-17)21-26(4,18-15-11-8-12-16-18)23-28(6,20-2)24-27;1-9-17(7)12-15(3,4)11-16(5,6)13-18(8,10-2)14-17/h7-46H,1-6H3;7-16H,1-6H3;1-8H3. The summed E-state index contributed by atoms with van der Waals surface area (Å²) in [6.45, 7) is 27.3. The smallest absolute Gasteiger partial charge is 0.416 e. The summed E-state index contributed by atoms with van der Waals surface area (Å²) in [5, 5.41) is 6.24. The van der Waals surface area contributed by atoms with Gasteiger partial charge in [0.1, 0.15) is 0 Å². The van der Waals surface area contributed by atoms with Crippen molar-refractivity contribution in [2.45, 2.75) is 91.7 Å². The number of rotatable bonds is 16. The highest BCUT2D eigenvalue weighted by Gasteiger charge is 2.82. The molecular formula is C80H110O27Si18. The van der Waals surface area contributed by atoms with Gasteiger partial charge in [-0.05, 0) is 75.8 Å². The quantitative estimate of drug-likeness (QED) is 0.0818. The number of fused-ring (bicyclic) bond motifs is 6. The number of hydrogen-bond acceptors (Lipinski definition) is 27. The Morgan fingerprint density at radius 2 is 0.320 bits per heavy atom. The zero-order valence-electron chi connectivity index (χ0n) is 73.9. The topological polar surface area (TPSA) is 249 Å². The van der Waals surface area contributed by atoms with E-state index in [0.29, 0.717) is 41.5 Å². The van der Waals surface area contributed by atoms with Crippen molar-refractivity contribution in [3.8, 4) is 0 Å². The van der Waals surface area contributed by atoms with Crippen LogP contribution in [0.3, 0.4) is 0 Å². The Kier molecular flexibility index (Phi) is 28.9. The largest absolute Gasteiger partial charge is 0.522 e. The minimum atomic E-state index is -5.09. The molecule has 10 aromatic rings. The molecule has 664 valence electrons. The molecule has 0 aliphatic carbocycles. The monoisotopic (exact) mass is 2010 g/mol. The van der Waals surface area contributed by atoms with Gasteiger partial charge in [0.2, 0.25) is 0 Å². The fourth-order valence-corrected chi connectivity index (χ4v) is 105. The summed E-state index contributed by atoms with van der Waals surface area (Å²) < 4.78 is 192. The van der Waals surface area contributed by atoms with Crippen molar-refractivity contribution < 1.29 is 113 Å². The molecule has 27 nitrogen and oxygen atoms in total. The Balaban J connectivity index is 0.000000224. The van der Waals surface area contributed by atoms with E-state index in [2.05, 4.69) is 0 Å². The Bertz CT molecular complexity index is 4920. The molecular weight excluding hydrogens is 1900 g/mol. The summed E-state index contributed by atoms with van der Waals surface area (Å²) in [7, 11) is -58.3. The van der Waals surface area contributed by atoms with Gasteiger partial charge >= 0.3 is 157 Å². The van der Waals surface area contributed by atoms with Crippen LogP contribution in [0, 0.1) is 0 Å². The third-order valence-electron chi connectivity index (χ3n) is 20.8. The van der Waals surface area contributed by atoms with Crippen molar-refractivity contribution in [3.63, 3.8) is 0 Å². The van der Waals surface area contributed by atoms with Crippen LogP contribution in [0.5, 0.6) is 0 Å². The molecule has 6 bridgehead atoms. The summed E-state index contributed by atoms with van der Waals surface area (Å²) in [5.74, 6) is 0. The van der Waals surface area contributed by atoms with E-state index in [1.807, 2.05) is 395 Å². The maximum Gasteiger partial charge on any atom is 0.522 e. The van der Waals surface area contributed by atoms with Crippen LogP contribution in [0.25, 0.3) is 0 Å². The first-order chi connectivity index (χ1) is 59.3. The van der Waals surface area contributed by atoms with Gasteiger partial charge in [-0.25, -0.2) is 0 Å². The third kappa shape index (κ3) is 20.9. The van der Waals surface area contributed by atoms with Gasteiger partial charge in [-0.2, -0.15) is 0 Å². The lowest BCUT2D eigenvalue weighted by Crippen LogP contribution is -2.91. The first-order valence-corrected chi connectivity index (χ1v) is 79.5. The fraction of sp³-hybridized carbons (Fsp3) is 0.250. The first kappa shape index (κ1) is 96.1. The Labute approximate surface area is 753 Å². The van der Waals surface area contributed by atoms with Gasteiger partial charge in [0.15, 0.2) is 0 Å². The maximum atomic E-state index is 8.43. The summed E-state index contributed by atoms with van der Waals surface area (Å²) in [6, 6.07) is 96.4. The first-order valence-electron chi connectivity index (χ1n) is 40.9. The highest BCUT2D eigenvalue weighted by Crippen LogP contribution is 2.46. The van der Waals surface area contributed by atoms with Crippen LogP contribution >= 0.6 is 0 Å². The molecule has 14 atom stereocenters. The highest BCUT2D eigenvalue weighted by molar-refractivity contribution is 7.11. The van der Waals surface area contributed by atoms with Crippen molar-refractivity contribution >= 4 is 209 Å². The SMILES string of the molecule is CO[Si]1(C)O[Si](C)(C)O[Si](C)(C)O[Si](C)(OC)O1.CO[Si]1(C)O[Si](C)(OC)O[Si](C)(c2ccccc2)O[Si](C)(c2ccccc2)O1.CO[Si]1(c2ccccc2)O[Si](OC)(c2ccccc2)O[Si]2(c3ccccc3)O[Si](c3ccccc3)(O1)O[Si]1(c3ccccc3)O[Si]3(c4ccccc4)O[Si](C)(C)O[Si](C)(C)O[Si](c4ccccc4)(O3)O[Si](c3ccccc3)(O2)O1. The molecule has 6 heterocycles. The maximum absolute atomic E-state index is 8.43. The molecule has 0 N–H and O–H groups in total. The summed E-state index contributed by atoms with van der Waals surface area (Å²) in [5.41, 5.74) is 0. The molecule has 6 fully saturated rings. The van der Waals surface area contributed by atoms with Crippen LogP contribution in [0.4, 0.5) is 0 Å². The molecule has 6 aliphatic rings. The lowest BCUT2D eigenvalue weighted by molar-refractivity contribution is 0.0310. The third-order valence-corrected chi connectivity index (χ3v) is 93.4. The second-order valence-corrected chi connectivity index (χ2v) is 88.6. The highest BCUT2D eigenvalue weighted by atomic mass is 28.6. The van der Waals surface area contributed by atoms with Crippen LogP contribution in [0.2, 0.25) is 91.7 Å². The van der Waals surface area contributed by atoms with Gasteiger partial charge in [-0.1, -0.05) is 303 Å². The zero-order chi connectivity index (χ0) is 89.2. The van der Waals surface area contributed by atoms with Crippen LogP contribution < -0.4 is 51.9 Å². The number of hydrogen-bond donors (Lipinski definition) is 0. The van der Waals surface area contributed by atoms with Gasteiger partial charge in [-0.3, -0.25) is 0 Å². The van der Waals surface area contributed by atoms with E-state index in [1.54, 1.807) is 42.7 Å². The van der Waals surface area contributed by atoms with Crippen LogP contribution in [-0.4, -0.2) is 200 Å². The average molecular weight is 2010 g/mol. The van der Waals surface area contributed by atoms with Crippen LogP contribution in [-0.2, 0) is 113 Å². The Morgan fingerprint density at radius 1 is 0.144 bits per heavy atom. The van der Waals surface area contributed by atoms with E-state index in [4.69, 9.17) is 113 Å². The zero-order valence-corrected chi connectivity index (χ0v) is 91.9. The van der Waals surface area contributed by atoms with Crippen LogP contribution in [0.15, 0.2) is 303 Å². The van der Waals surface area contributed by atoms with E-state index in [0.717, 1.165) is 10.4 Å². The lowest BCUT2D eigenvalue weighted by atomic mass is 10.4. The normalized spacial score (nSPS) is 34.3. The van der Waals surface area contributed by atoms with E-state index in [9.17, 15) is 0 Å². The Morgan fingerprint density at radius 3 is 0.528 bits per heavy atom. The lowest BCUT2D eigenvalue weighted by Gasteiger charge is -2.58. The van der Waals surface area contributed by atoms with Crippen molar-refractivity contribution in [2.24, 2.45) is 0 Å². The van der Waals surface area contributed by atoms with Crippen molar-refractivity contribution in [1.82, 2.24) is 0 Å². The molecule has 0 amide bonds. The fourth-order valence-electron chi connectivity index (χ4n) is 15.8. The molecule has 14 unspecified atom stereocenters. The van der Waals surface area contributed by atoms with Gasteiger partial charge in [-0.15, -0.1) is 0 Å². The molecule has 10 aromatic carbocycles. The van der Waals surface area contributed by atoms with Crippen molar-refractivity contribution in [3.05, 3.63) is 303 Å². The van der Waals surface area contributed by atoms with Gasteiger partial charge in [0.05, 0.1) is 0 Å². The second-order valence-electron chi connectivity index (χ2n) is 32.4. The average Bonchev–Trinajstić information content (AvgIpc) is 0.681. The molecule has 0 saturated carbocycles. The van der Waals surface area contributed by atoms with Crippen molar-refractivity contribution in [2.75, 3.05) is 42.7 Å². The van der Waals surface area contributed by atoms with E-state index < -0.39 is 157 Å².